The molecule has 15 heavy (non-hydrogen) atoms. The molecule has 0 heterocycles. The van der Waals surface area contributed by atoms with E-state index in [9.17, 15) is 0 Å². The first kappa shape index (κ1) is 14.9. The van der Waals surface area contributed by atoms with Gasteiger partial charge in [-0.25, -0.2) is 0 Å². The maximum atomic E-state index is 8.83. The molecule has 0 bridgehead atoms. The summed E-state index contributed by atoms with van der Waals surface area (Å²) in [6.07, 6.45) is 3.36. The fourth-order valence-electron chi connectivity index (χ4n) is 1.74. The molecule has 92 valence electrons. The molecule has 0 aliphatic heterocycles. The van der Waals surface area contributed by atoms with Crippen molar-refractivity contribution >= 4 is 0 Å². The van der Waals surface area contributed by atoms with Gasteiger partial charge < -0.3 is 9.84 Å². The van der Waals surface area contributed by atoms with Crippen molar-refractivity contribution in [2.24, 2.45) is 17.8 Å². The zero-order valence-electron chi connectivity index (χ0n) is 10.8. The summed E-state index contributed by atoms with van der Waals surface area (Å²) in [5.41, 5.74) is 0. The molecule has 0 aromatic rings. The first-order valence-corrected chi connectivity index (χ1v) is 6.30. The van der Waals surface area contributed by atoms with Crippen LogP contribution in [0.4, 0.5) is 0 Å². The Morgan fingerprint density at radius 2 is 1.73 bits per heavy atom. The fourth-order valence-corrected chi connectivity index (χ4v) is 1.74. The second kappa shape index (κ2) is 9.17. The number of hydrogen-bond donors (Lipinski definition) is 1. The van der Waals surface area contributed by atoms with Crippen molar-refractivity contribution in [1.29, 1.82) is 0 Å². The van der Waals surface area contributed by atoms with Crippen LogP contribution >= 0.6 is 0 Å². The molecule has 0 rings (SSSR count). The van der Waals surface area contributed by atoms with E-state index < -0.39 is 0 Å². The number of aliphatic hydroxyl groups is 1. The highest BCUT2D eigenvalue weighted by atomic mass is 16.5. The van der Waals surface area contributed by atoms with E-state index in [0.717, 1.165) is 19.6 Å². The fraction of sp³-hybridized carbons (Fsp3) is 1.00. The minimum atomic E-state index is 0.318. The van der Waals surface area contributed by atoms with Crippen molar-refractivity contribution in [3.63, 3.8) is 0 Å². The number of rotatable bonds is 9. The van der Waals surface area contributed by atoms with E-state index in [4.69, 9.17) is 9.84 Å². The predicted octanol–water partition coefficient (Wildman–Crippen LogP) is 3.09. The highest BCUT2D eigenvalue weighted by molar-refractivity contribution is 4.65. The molecule has 2 heteroatoms. The third-order valence-corrected chi connectivity index (χ3v) is 3.13. The van der Waals surface area contributed by atoms with Crippen LogP contribution in [0.25, 0.3) is 0 Å². The van der Waals surface area contributed by atoms with E-state index in [1.807, 2.05) is 6.92 Å². The van der Waals surface area contributed by atoms with E-state index in [-0.39, 0.29) is 0 Å². The van der Waals surface area contributed by atoms with Gasteiger partial charge in [0.2, 0.25) is 0 Å². The molecule has 2 nitrogen and oxygen atoms in total. The van der Waals surface area contributed by atoms with Crippen LogP contribution in [0.1, 0.15) is 47.0 Å². The van der Waals surface area contributed by atoms with Gasteiger partial charge in [-0.2, -0.15) is 0 Å². The lowest BCUT2D eigenvalue weighted by Gasteiger charge is -2.22. The van der Waals surface area contributed by atoms with Crippen LogP contribution in [0.2, 0.25) is 0 Å². The third kappa shape index (κ3) is 7.80. The van der Waals surface area contributed by atoms with Crippen molar-refractivity contribution in [3.05, 3.63) is 0 Å². The largest absolute Gasteiger partial charge is 0.396 e. The highest BCUT2D eigenvalue weighted by Gasteiger charge is 2.14. The van der Waals surface area contributed by atoms with Crippen LogP contribution in [0.3, 0.4) is 0 Å². The quantitative estimate of drug-likeness (QED) is 0.642. The Balaban J connectivity index is 3.74. The zero-order valence-corrected chi connectivity index (χ0v) is 10.8. The second-order valence-electron chi connectivity index (χ2n) is 4.86. The normalized spacial score (nSPS) is 15.6. The van der Waals surface area contributed by atoms with Gasteiger partial charge in [0.25, 0.3) is 0 Å². The third-order valence-electron chi connectivity index (χ3n) is 3.13. The molecule has 0 aliphatic rings. The van der Waals surface area contributed by atoms with Crippen LogP contribution in [-0.2, 0) is 4.74 Å². The summed E-state index contributed by atoms with van der Waals surface area (Å²) in [5, 5.41) is 8.83. The van der Waals surface area contributed by atoms with Crippen molar-refractivity contribution in [2.45, 2.75) is 47.0 Å². The maximum absolute atomic E-state index is 8.83. The SMILES string of the molecule is CCOCC(CCC(C)CCO)C(C)C. The Morgan fingerprint density at radius 1 is 1.07 bits per heavy atom. The second-order valence-corrected chi connectivity index (χ2v) is 4.86. The summed E-state index contributed by atoms with van der Waals surface area (Å²) in [7, 11) is 0. The lowest BCUT2D eigenvalue weighted by molar-refractivity contribution is 0.0850. The number of ether oxygens (including phenoxy) is 1. The zero-order chi connectivity index (χ0) is 11.7. The summed E-state index contributed by atoms with van der Waals surface area (Å²) >= 11 is 0. The molecular weight excluding hydrogens is 188 g/mol. The van der Waals surface area contributed by atoms with Gasteiger partial charge in [-0.15, -0.1) is 0 Å². The standard InChI is InChI=1S/C13H28O2/c1-5-15-10-13(11(2)3)7-6-12(4)8-9-14/h11-14H,5-10H2,1-4H3. The summed E-state index contributed by atoms with van der Waals surface area (Å²) in [6.45, 7) is 10.8. The monoisotopic (exact) mass is 216 g/mol. The van der Waals surface area contributed by atoms with Crippen molar-refractivity contribution in [1.82, 2.24) is 0 Å². The van der Waals surface area contributed by atoms with E-state index >= 15 is 0 Å². The molecule has 0 aliphatic carbocycles. The number of hydrogen-bond acceptors (Lipinski definition) is 2. The molecule has 0 aromatic carbocycles. The predicted molar refractivity (Wildman–Crippen MR) is 64.9 cm³/mol. The van der Waals surface area contributed by atoms with E-state index in [1.165, 1.54) is 12.8 Å². The Bertz CT molecular complexity index is 134. The molecule has 0 saturated carbocycles. The van der Waals surface area contributed by atoms with Crippen LogP contribution in [0, 0.1) is 17.8 Å². The van der Waals surface area contributed by atoms with E-state index in [1.54, 1.807) is 0 Å². The molecule has 1 N–H and O–H groups in total. The van der Waals surface area contributed by atoms with E-state index in [0.29, 0.717) is 24.4 Å². The molecule has 0 amide bonds. The minimum Gasteiger partial charge on any atom is -0.396 e. The summed E-state index contributed by atoms with van der Waals surface area (Å²) in [6, 6.07) is 0. The first-order valence-electron chi connectivity index (χ1n) is 6.30. The van der Waals surface area contributed by atoms with Gasteiger partial charge in [0.05, 0.1) is 0 Å². The van der Waals surface area contributed by atoms with Gasteiger partial charge in [0.1, 0.15) is 0 Å². The van der Waals surface area contributed by atoms with Crippen molar-refractivity contribution in [2.75, 3.05) is 19.8 Å². The Hall–Kier alpha value is -0.0800. The molecule has 0 spiro atoms. The van der Waals surface area contributed by atoms with Gasteiger partial charge >= 0.3 is 0 Å². The lowest BCUT2D eigenvalue weighted by atomic mass is 9.88. The molecule has 0 radical (unpaired) electrons. The summed E-state index contributed by atoms with van der Waals surface area (Å²) < 4.78 is 5.50. The Morgan fingerprint density at radius 3 is 2.20 bits per heavy atom. The van der Waals surface area contributed by atoms with Crippen molar-refractivity contribution in [3.8, 4) is 0 Å². The van der Waals surface area contributed by atoms with Crippen LogP contribution in [0.15, 0.2) is 0 Å². The molecule has 2 atom stereocenters. The smallest absolute Gasteiger partial charge is 0.0496 e. The average molecular weight is 216 g/mol. The Kier molecular flexibility index (Phi) is 9.12. The molecule has 0 saturated heterocycles. The van der Waals surface area contributed by atoms with Crippen molar-refractivity contribution < 1.29 is 9.84 Å². The van der Waals surface area contributed by atoms with Crippen LogP contribution in [0.5, 0.6) is 0 Å². The van der Waals surface area contributed by atoms with Gasteiger partial charge in [-0.05, 0) is 37.5 Å². The summed E-state index contributed by atoms with van der Waals surface area (Å²) in [4.78, 5) is 0. The first-order chi connectivity index (χ1) is 7.11. The minimum absolute atomic E-state index is 0.318. The molecule has 2 unspecified atom stereocenters. The summed E-state index contributed by atoms with van der Waals surface area (Å²) in [5.74, 6) is 2.00. The van der Waals surface area contributed by atoms with Crippen LogP contribution < -0.4 is 0 Å². The Labute approximate surface area is 95.0 Å². The number of aliphatic hydroxyl groups excluding tert-OH is 1. The highest BCUT2D eigenvalue weighted by Crippen LogP contribution is 2.21. The molecule has 0 fully saturated rings. The topological polar surface area (TPSA) is 29.5 Å². The maximum Gasteiger partial charge on any atom is 0.0496 e. The van der Waals surface area contributed by atoms with Gasteiger partial charge in [-0.1, -0.05) is 27.2 Å². The van der Waals surface area contributed by atoms with Gasteiger partial charge in [0.15, 0.2) is 0 Å². The average Bonchev–Trinajstić information content (AvgIpc) is 2.17. The molecular formula is C13H28O2. The van der Waals surface area contributed by atoms with E-state index in [2.05, 4.69) is 20.8 Å². The van der Waals surface area contributed by atoms with Crippen LogP contribution in [-0.4, -0.2) is 24.9 Å². The lowest BCUT2D eigenvalue weighted by Crippen LogP contribution is -2.17. The molecule has 0 aromatic heterocycles. The van der Waals surface area contributed by atoms with Gasteiger partial charge in [-0.3, -0.25) is 0 Å². The van der Waals surface area contributed by atoms with Gasteiger partial charge in [0, 0.05) is 19.8 Å².